The molecule has 1 aromatic carbocycles. The normalized spacial score (nSPS) is 32.9. The van der Waals surface area contributed by atoms with Gasteiger partial charge in [0.15, 0.2) is 0 Å². The van der Waals surface area contributed by atoms with Crippen molar-refractivity contribution in [1.82, 2.24) is 0 Å². The smallest absolute Gasteiger partial charge is 0.130 e. The van der Waals surface area contributed by atoms with E-state index < -0.39 is 6.17 Å². The quantitative estimate of drug-likeness (QED) is 0.907. The first-order valence-electron chi connectivity index (χ1n) is 7.99. The van der Waals surface area contributed by atoms with E-state index in [0.29, 0.717) is 13.2 Å². The Morgan fingerprint density at radius 1 is 1.33 bits per heavy atom. The van der Waals surface area contributed by atoms with E-state index in [9.17, 15) is 0 Å². The minimum atomic E-state index is -0.910. The van der Waals surface area contributed by atoms with Crippen LogP contribution in [0.15, 0.2) is 18.2 Å². The summed E-state index contributed by atoms with van der Waals surface area (Å²) in [6.45, 7) is 2.94. The molecule has 0 aromatic heterocycles. The van der Waals surface area contributed by atoms with E-state index in [1.165, 1.54) is 5.56 Å². The number of halogens is 1. The number of nitrogens with one attached hydrogen (secondary N) is 1. The number of rotatable bonds is 2. The lowest BCUT2D eigenvalue weighted by molar-refractivity contribution is -0.109. The molecule has 2 saturated heterocycles. The molecule has 0 radical (unpaired) electrons. The van der Waals surface area contributed by atoms with Crippen molar-refractivity contribution >= 4 is 5.69 Å². The zero-order valence-electron chi connectivity index (χ0n) is 12.2. The van der Waals surface area contributed by atoms with Crippen molar-refractivity contribution in [1.29, 1.82) is 0 Å². The van der Waals surface area contributed by atoms with Gasteiger partial charge in [-0.1, -0.05) is 18.2 Å². The van der Waals surface area contributed by atoms with Crippen molar-refractivity contribution in [3.05, 3.63) is 29.3 Å². The Balaban J connectivity index is 1.57. The van der Waals surface area contributed by atoms with Crippen LogP contribution in [0.4, 0.5) is 10.1 Å². The van der Waals surface area contributed by atoms with Gasteiger partial charge in [0, 0.05) is 37.4 Å². The Morgan fingerprint density at radius 2 is 2.29 bits per heavy atom. The fourth-order valence-corrected chi connectivity index (χ4v) is 4.03. The lowest BCUT2D eigenvalue weighted by Gasteiger charge is -2.38. The fraction of sp³-hybridized carbons (Fsp3) is 0.647. The average Bonchev–Trinajstić information content (AvgIpc) is 3.15. The molecule has 3 unspecified atom stereocenters. The third kappa shape index (κ3) is 2.34. The highest BCUT2D eigenvalue weighted by Crippen LogP contribution is 2.45. The summed E-state index contributed by atoms with van der Waals surface area (Å²) >= 11 is 0. The lowest BCUT2D eigenvalue weighted by Crippen LogP contribution is -2.41. The van der Waals surface area contributed by atoms with Gasteiger partial charge < -0.3 is 14.8 Å². The number of anilines is 1. The largest absolute Gasteiger partial charge is 0.384 e. The molecule has 0 saturated carbocycles. The Hall–Kier alpha value is -1.13. The SMILES string of the molecule is FC(c1cccc2c1NCC2)C1CCOC2(CCOC2)C1. The summed E-state index contributed by atoms with van der Waals surface area (Å²) in [5.74, 6) is 0.0364. The molecule has 1 spiro atoms. The summed E-state index contributed by atoms with van der Waals surface area (Å²) in [5, 5.41) is 3.35. The molecule has 4 heteroatoms. The highest BCUT2D eigenvalue weighted by Gasteiger charge is 2.43. The molecule has 0 aliphatic carbocycles. The van der Waals surface area contributed by atoms with Gasteiger partial charge in [-0.15, -0.1) is 0 Å². The topological polar surface area (TPSA) is 30.5 Å². The highest BCUT2D eigenvalue weighted by molar-refractivity contribution is 5.62. The summed E-state index contributed by atoms with van der Waals surface area (Å²) < 4.78 is 26.6. The molecular weight excluding hydrogens is 269 g/mol. The van der Waals surface area contributed by atoms with Crippen LogP contribution in [0.1, 0.15) is 36.6 Å². The average molecular weight is 291 g/mol. The Morgan fingerprint density at radius 3 is 3.14 bits per heavy atom. The molecule has 1 aromatic rings. The molecule has 3 atom stereocenters. The van der Waals surface area contributed by atoms with Gasteiger partial charge in [0.05, 0.1) is 12.2 Å². The number of fused-ring (bicyclic) bond motifs is 1. The van der Waals surface area contributed by atoms with Crippen LogP contribution in [0.25, 0.3) is 0 Å². The van der Waals surface area contributed by atoms with Crippen molar-refractivity contribution in [3.63, 3.8) is 0 Å². The van der Waals surface area contributed by atoms with Crippen molar-refractivity contribution in [3.8, 4) is 0 Å². The standard InChI is InChI=1S/C17H22FNO2/c18-15(14-3-1-2-12-4-7-19-16(12)14)13-5-8-21-17(10-13)6-9-20-11-17/h1-3,13,15,19H,4-11H2. The monoisotopic (exact) mass is 291 g/mol. The van der Waals surface area contributed by atoms with E-state index in [0.717, 1.165) is 50.1 Å². The number of hydrogen-bond acceptors (Lipinski definition) is 3. The third-order valence-electron chi connectivity index (χ3n) is 5.19. The number of benzene rings is 1. The first-order chi connectivity index (χ1) is 10.3. The first-order valence-corrected chi connectivity index (χ1v) is 7.99. The third-order valence-corrected chi connectivity index (χ3v) is 5.19. The fourth-order valence-electron chi connectivity index (χ4n) is 4.03. The number of hydrogen-bond donors (Lipinski definition) is 1. The van der Waals surface area contributed by atoms with Crippen LogP contribution < -0.4 is 5.32 Å². The molecule has 3 aliphatic heterocycles. The molecule has 0 amide bonds. The summed E-state index contributed by atoms with van der Waals surface area (Å²) in [4.78, 5) is 0. The molecule has 3 aliphatic rings. The zero-order chi connectivity index (χ0) is 14.3. The predicted octanol–water partition coefficient (Wildman–Crippen LogP) is 3.25. The van der Waals surface area contributed by atoms with Crippen LogP contribution in [0, 0.1) is 5.92 Å². The van der Waals surface area contributed by atoms with Crippen molar-refractivity contribution < 1.29 is 13.9 Å². The molecule has 3 nitrogen and oxygen atoms in total. The number of ether oxygens (including phenoxy) is 2. The molecule has 21 heavy (non-hydrogen) atoms. The molecule has 3 heterocycles. The van der Waals surface area contributed by atoms with Gasteiger partial charge in [0.1, 0.15) is 6.17 Å². The van der Waals surface area contributed by atoms with Crippen LogP contribution in [0.2, 0.25) is 0 Å². The van der Waals surface area contributed by atoms with E-state index in [2.05, 4.69) is 11.4 Å². The summed E-state index contributed by atoms with van der Waals surface area (Å²) in [5.41, 5.74) is 2.90. The first kappa shape index (κ1) is 13.5. The Kier molecular flexibility index (Phi) is 3.38. The van der Waals surface area contributed by atoms with E-state index >= 15 is 4.39 Å². The Labute approximate surface area is 124 Å². The van der Waals surface area contributed by atoms with Gasteiger partial charge in [-0.25, -0.2) is 4.39 Å². The van der Waals surface area contributed by atoms with Crippen LogP contribution in [0.5, 0.6) is 0 Å². The van der Waals surface area contributed by atoms with Crippen LogP contribution in [-0.2, 0) is 15.9 Å². The second-order valence-electron chi connectivity index (χ2n) is 6.55. The van der Waals surface area contributed by atoms with Crippen molar-refractivity contribution in [2.75, 3.05) is 31.7 Å². The van der Waals surface area contributed by atoms with Crippen LogP contribution >= 0.6 is 0 Å². The van der Waals surface area contributed by atoms with Gasteiger partial charge in [0.25, 0.3) is 0 Å². The Bertz CT molecular complexity index is 528. The minimum absolute atomic E-state index is 0.0364. The lowest BCUT2D eigenvalue weighted by atomic mass is 9.80. The zero-order valence-corrected chi connectivity index (χ0v) is 12.2. The van der Waals surface area contributed by atoms with E-state index in [1.807, 2.05) is 12.1 Å². The predicted molar refractivity (Wildman–Crippen MR) is 79.3 cm³/mol. The van der Waals surface area contributed by atoms with Crippen LogP contribution in [-0.4, -0.2) is 32.0 Å². The second kappa shape index (κ2) is 5.25. The molecule has 114 valence electrons. The van der Waals surface area contributed by atoms with Crippen molar-refractivity contribution in [2.45, 2.75) is 37.5 Å². The van der Waals surface area contributed by atoms with Gasteiger partial charge in [-0.2, -0.15) is 0 Å². The maximum Gasteiger partial charge on any atom is 0.130 e. The molecule has 0 bridgehead atoms. The molecule has 2 fully saturated rings. The van der Waals surface area contributed by atoms with Gasteiger partial charge in [0.2, 0.25) is 0 Å². The van der Waals surface area contributed by atoms with E-state index in [-0.39, 0.29) is 11.5 Å². The van der Waals surface area contributed by atoms with Gasteiger partial charge >= 0.3 is 0 Å². The van der Waals surface area contributed by atoms with Crippen LogP contribution in [0.3, 0.4) is 0 Å². The molecular formula is C17H22FNO2. The van der Waals surface area contributed by atoms with E-state index in [4.69, 9.17) is 9.47 Å². The van der Waals surface area contributed by atoms with Gasteiger partial charge in [-0.05, 0) is 30.7 Å². The molecule has 4 rings (SSSR count). The molecule has 1 N–H and O–H groups in total. The summed E-state index contributed by atoms with van der Waals surface area (Å²) in [6, 6.07) is 6.03. The maximum absolute atomic E-state index is 15.2. The second-order valence-corrected chi connectivity index (χ2v) is 6.55. The summed E-state index contributed by atoms with van der Waals surface area (Å²) in [7, 11) is 0. The highest BCUT2D eigenvalue weighted by atomic mass is 19.1. The van der Waals surface area contributed by atoms with Gasteiger partial charge in [-0.3, -0.25) is 0 Å². The minimum Gasteiger partial charge on any atom is -0.384 e. The summed E-state index contributed by atoms with van der Waals surface area (Å²) in [6.07, 6.45) is 2.57. The number of alkyl halides is 1. The van der Waals surface area contributed by atoms with E-state index in [1.54, 1.807) is 0 Å². The van der Waals surface area contributed by atoms with Crippen molar-refractivity contribution in [2.24, 2.45) is 5.92 Å². The number of para-hydroxylation sites is 1. The maximum atomic E-state index is 15.2.